The Hall–Kier alpha value is -2.58. The summed E-state index contributed by atoms with van der Waals surface area (Å²) in [6.07, 6.45) is -0.884. The van der Waals surface area contributed by atoms with Crippen LogP contribution in [0, 0.1) is 0 Å². The average molecular weight is 256 g/mol. The Morgan fingerprint density at radius 2 is 2.11 bits per heavy atom. The molecular weight excluding hydrogens is 244 g/mol. The number of hydrogen-bond acceptors (Lipinski definition) is 5. The third-order valence-corrected chi connectivity index (χ3v) is 1.86. The van der Waals surface area contributed by atoms with E-state index in [9.17, 15) is 9.59 Å². The second kappa shape index (κ2) is 6.23. The molecule has 1 aromatic heterocycles. The molecule has 0 aliphatic carbocycles. The van der Waals surface area contributed by atoms with Crippen molar-refractivity contribution in [1.29, 1.82) is 0 Å². The lowest BCUT2D eigenvalue weighted by atomic mass is 10.3. The minimum absolute atomic E-state index is 0.0642. The van der Waals surface area contributed by atoms with Gasteiger partial charge >= 0.3 is 12.2 Å². The van der Waals surface area contributed by atoms with E-state index >= 15 is 0 Å². The SMILES string of the molecule is CCc1noc(C(=CNC(=O)O)CNC(=O)O)n1. The summed E-state index contributed by atoms with van der Waals surface area (Å²) < 4.78 is 4.89. The van der Waals surface area contributed by atoms with E-state index in [1.165, 1.54) is 0 Å². The highest BCUT2D eigenvalue weighted by molar-refractivity contribution is 5.72. The summed E-state index contributed by atoms with van der Waals surface area (Å²) >= 11 is 0. The van der Waals surface area contributed by atoms with Crippen LogP contribution in [0.4, 0.5) is 9.59 Å². The molecule has 2 amide bonds. The number of amides is 2. The molecule has 0 radical (unpaired) electrons. The molecule has 0 fully saturated rings. The molecular formula is C9H12N4O5. The smallest absolute Gasteiger partial charge is 0.408 e. The Balaban J connectivity index is 2.84. The molecule has 18 heavy (non-hydrogen) atoms. The number of carboxylic acid groups (broad SMARTS) is 2. The van der Waals surface area contributed by atoms with Crippen LogP contribution < -0.4 is 10.6 Å². The summed E-state index contributed by atoms with van der Waals surface area (Å²) in [5, 5.41) is 24.7. The maximum absolute atomic E-state index is 10.4. The number of hydrogen-bond donors (Lipinski definition) is 4. The first-order valence-corrected chi connectivity index (χ1v) is 5.01. The number of carbonyl (C=O) groups is 2. The van der Waals surface area contributed by atoms with Crippen LogP contribution >= 0.6 is 0 Å². The lowest BCUT2D eigenvalue weighted by molar-refractivity contribution is 0.195. The molecule has 0 atom stereocenters. The zero-order valence-corrected chi connectivity index (χ0v) is 9.51. The first kappa shape index (κ1) is 13.5. The van der Waals surface area contributed by atoms with Gasteiger partial charge in [0.1, 0.15) is 0 Å². The Bertz CT molecular complexity index is 467. The van der Waals surface area contributed by atoms with Crippen LogP contribution in [0.3, 0.4) is 0 Å². The van der Waals surface area contributed by atoms with Crippen LogP contribution in [0.15, 0.2) is 10.7 Å². The normalized spacial score (nSPS) is 11.1. The average Bonchev–Trinajstić information content (AvgIpc) is 2.77. The van der Waals surface area contributed by atoms with Gasteiger partial charge in [0.15, 0.2) is 5.82 Å². The summed E-state index contributed by atoms with van der Waals surface area (Å²) in [5.74, 6) is 0.510. The van der Waals surface area contributed by atoms with E-state index in [1.54, 1.807) is 0 Å². The van der Waals surface area contributed by atoms with Crippen molar-refractivity contribution in [3.63, 3.8) is 0 Å². The zero-order valence-electron chi connectivity index (χ0n) is 9.51. The van der Waals surface area contributed by atoms with E-state index in [1.807, 2.05) is 12.2 Å². The fourth-order valence-electron chi connectivity index (χ4n) is 1.04. The van der Waals surface area contributed by atoms with E-state index in [0.29, 0.717) is 12.2 Å². The fourth-order valence-corrected chi connectivity index (χ4v) is 1.04. The molecule has 9 nitrogen and oxygen atoms in total. The first-order chi connectivity index (χ1) is 8.52. The van der Waals surface area contributed by atoms with Crippen LogP contribution in [0.25, 0.3) is 5.57 Å². The highest BCUT2D eigenvalue weighted by Crippen LogP contribution is 2.10. The van der Waals surface area contributed by atoms with Gasteiger partial charge in [-0.3, -0.25) is 5.32 Å². The number of aryl methyl sites for hydroxylation is 1. The van der Waals surface area contributed by atoms with Gasteiger partial charge in [0.25, 0.3) is 5.89 Å². The standard InChI is InChI=1S/C9H12N4O5/c1-2-6-12-7(18-13-6)5(3-10-8(14)15)4-11-9(16)17/h3,10-11H,2,4H2,1H3,(H,14,15)(H,16,17). The van der Waals surface area contributed by atoms with Crippen molar-refractivity contribution in [3.05, 3.63) is 17.9 Å². The summed E-state index contributed by atoms with van der Waals surface area (Å²) in [7, 11) is 0. The lowest BCUT2D eigenvalue weighted by Gasteiger charge is -2.02. The molecule has 1 aromatic rings. The minimum Gasteiger partial charge on any atom is -0.465 e. The Morgan fingerprint density at radius 3 is 2.61 bits per heavy atom. The first-order valence-electron chi connectivity index (χ1n) is 5.01. The number of rotatable bonds is 5. The predicted octanol–water partition coefficient (Wildman–Crippen LogP) is 0.508. The summed E-state index contributed by atoms with van der Waals surface area (Å²) in [6, 6.07) is 0. The van der Waals surface area contributed by atoms with Crippen molar-refractivity contribution in [1.82, 2.24) is 20.8 Å². The third-order valence-electron chi connectivity index (χ3n) is 1.86. The maximum atomic E-state index is 10.4. The molecule has 1 heterocycles. The molecule has 9 heteroatoms. The van der Waals surface area contributed by atoms with E-state index in [-0.39, 0.29) is 18.0 Å². The van der Waals surface area contributed by atoms with E-state index in [2.05, 4.69) is 15.5 Å². The van der Waals surface area contributed by atoms with Gasteiger partial charge in [-0.05, 0) is 0 Å². The lowest BCUT2D eigenvalue weighted by Crippen LogP contribution is -2.24. The third kappa shape index (κ3) is 4.12. The molecule has 0 aliphatic rings. The van der Waals surface area contributed by atoms with Crippen LogP contribution in [0.5, 0.6) is 0 Å². The second-order valence-corrected chi connectivity index (χ2v) is 3.15. The second-order valence-electron chi connectivity index (χ2n) is 3.15. The Morgan fingerprint density at radius 1 is 1.39 bits per heavy atom. The van der Waals surface area contributed by atoms with Crippen molar-refractivity contribution in [2.45, 2.75) is 13.3 Å². The van der Waals surface area contributed by atoms with Crippen LogP contribution in [0.1, 0.15) is 18.6 Å². The van der Waals surface area contributed by atoms with Crippen LogP contribution in [-0.2, 0) is 6.42 Å². The van der Waals surface area contributed by atoms with E-state index in [0.717, 1.165) is 6.20 Å². The molecule has 0 unspecified atom stereocenters. The molecule has 0 saturated carbocycles. The minimum atomic E-state index is -1.28. The van der Waals surface area contributed by atoms with Crippen molar-refractivity contribution >= 4 is 17.8 Å². The molecule has 4 N–H and O–H groups in total. The molecule has 0 aliphatic heterocycles. The number of nitrogens with one attached hydrogen (secondary N) is 2. The van der Waals surface area contributed by atoms with Crippen LogP contribution in [-0.4, -0.2) is 39.1 Å². The van der Waals surface area contributed by atoms with Crippen molar-refractivity contribution < 1.29 is 24.3 Å². The predicted molar refractivity (Wildman–Crippen MR) is 58.8 cm³/mol. The number of aromatic nitrogens is 2. The molecule has 0 bridgehead atoms. The molecule has 0 saturated heterocycles. The Kier molecular flexibility index (Phi) is 4.67. The molecule has 0 spiro atoms. The molecule has 98 valence electrons. The van der Waals surface area contributed by atoms with Crippen molar-refractivity contribution in [3.8, 4) is 0 Å². The summed E-state index contributed by atoms with van der Waals surface area (Å²) in [4.78, 5) is 24.7. The van der Waals surface area contributed by atoms with Gasteiger partial charge in [0, 0.05) is 12.6 Å². The molecule has 0 aromatic carbocycles. The quantitative estimate of drug-likeness (QED) is 0.602. The topological polar surface area (TPSA) is 138 Å². The highest BCUT2D eigenvalue weighted by atomic mass is 16.5. The highest BCUT2D eigenvalue weighted by Gasteiger charge is 2.12. The summed E-state index contributed by atoms with van der Waals surface area (Å²) in [6.45, 7) is 1.67. The monoisotopic (exact) mass is 256 g/mol. The van der Waals surface area contributed by atoms with Crippen LogP contribution in [0.2, 0.25) is 0 Å². The number of nitrogens with zero attached hydrogens (tertiary/aromatic N) is 2. The van der Waals surface area contributed by atoms with Crippen molar-refractivity contribution in [2.24, 2.45) is 0 Å². The van der Waals surface area contributed by atoms with Gasteiger partial charge < -0.3 is 20.1 Å². The van der Waals surface area contributed by atoms with Gasteiger partial charge in [-0.15, -0.1) is 0 Å². The van der Waals surface area contributed by atoms with Crippen molar-refractivity contribution in [2.75, 3.05) is 6.54 Å². The van der Waals surface area contributed by atoms with Gasteiger partial charge in [-0.25, -0.2) is 9.59 Å². The Labute approximate surface area is 101 Å². The van der Waals surface area contributed by atoms with Gasteiger partial charge in [0.05, 0.1) is 12.1 Å². The van der Waals surface area contributed by atoms with Gasteiger partial charge in [0.2, 0.25) is 0 Å². The largest absolute Gasteiger partial charge is 0.465 e. The van der Waals surface area contributed by atoms with Gasteiger partial charge in [-0.2, -0.15) is 4.98 Å². The summed E-state index contributed by atoms with van der Waals surface area (Å²) in [5.41, 5.74) is 0.229. The molecule has 1 rings (SSSR count). The maximum Gasteiger partial charge on any atom is 0.408 e. The fraction of sp³-hybridized carbons (Fsp3) is 0.333. The zero-order chi connectivity index (χ0) is 13.5. The van der Waals surface area contributed by atoms with E-state index in [4.69, 9.17) is 14.7 Å². The van der Waals surface area contributed by atoms with Gasteiger partial charge in [-0.1, -0.05) is 12.1 Å². The van der Waals surface area contributed by atoms with E-state index < -0.39 is 12.2 Å².